The van der Waals surface area contributed by atoms with E-state index in [0.717, 1.165) is 43.6 Å². The number of fused-ring (bicyclic) bond motifs is 4. The summed E-state index contributed by atoms with van der Waals surface area (Å²) in [7, 11) is 2.95. The summed E-state index contributed by atoms with van der Waals surface area (Å²) in [6.45, 7) is 3.94. The topological polar surface area (TPSA) is 67.9 Å². The van der Waals surface area contributed by atoms with Gasteiger partial charge < -0.3 is 14.8 Å². The first-order valence-corrected chi connectivity index (χ1v) is 10.0. The lowest BCUT2D eigenvalue weighted by molar-refractivity contribution is -0.138. The highest BCUT2D eigenvalue weighted by Gasteiger charge is 2.62. The Hall–Kier alpha value is -2.34. The second kappa shape index (κ2) is 7.24. The molecule has 0 unspecified atom stereocenters. The van der Waals surface area contributed by atoms with Crippen LogP contribution in [0.3, 0.4) is 0 Å². The molecule has 0 radical (unpaired) electrons. The number of benzene rings is 1. The van der Waals surface area contributed by atoms with E-state index in [4.69, 9.17) is 9.47 Å². The number of carbonyl (C=O) groups excluding carboxylic acids is 2. The summed E-state index contributed by atoms with van der Waals surface area (Å²) in [4.78, 5) is 28.5. The minimum Gasteiger partial charge on any atom is -0.504 e. The van der Waals surface area contributed by atoms with Crippen molar-refractivity contribution in [1.82, 2.24) is 4.90 Å². The molecule has 28 heavy (non-hydrogen) atoms. The summed E-state index contributed by atoms with van der Waals surface area (Å²) in [5, 5.41) is 3.10. The highest BCUT2D eigenvalue weighted by atomic mass is 16.5. The van der Waals surface area contributed by atoms with Crippen molar-refractivity contribution >= 4 is 17.6 Å². The molecule has 4 rings (SSSR count). The third-order valence-electron chi connectivity index (χ3n) is 6.94. The van der Waals surface area contributed by atoms with Crippen molar-refractivity contribution in [3.63, 3.8) is 0 Å². The molecule has 0 aliphatic carbocycles. The Kier molecular flexibility index (Phi) is 4.91. The standard InChI is InChI=1S/C22H28N2O4/c1-4-14-9-11-24-12-10-22(16-7-5-6-8-17(16)23-21(22)26)19(24)18(14)15(13-27-2)20(25)28-3/h5-8,13-14,18-19H,4,9-12H2,1-3H3,(H,23,26)/b15-13-/t14-,18-,19+,22-/m1/s1. The van der Waals surface area contributed by atoms with Crippen LogP contribution in [0.5, 0.6) is 0 Å². The quantitative estimate of drug-likeness (QED) is 0.491. The summed E-state index contributed by atoms with van der Waals surface area (Å²) in [6, 6.07) is 7.87. The van der Waals surface area contributed by atoms with Crippen LogP contribution in [-0.2, 0) is 24.5 Å². The van der Waals surface area contributed by atoms with Gasteiger partial charge in [-0.2, -0.15) is 0 Å². The van der Waals surface area contributed by atoms with Gasteiger partial charge in [0.05, 0.1) is 31.5 Å². The highest BCUT2D eigenvalue weighted by Crippen LogP contribution is 2.55. The summed E-state index contributed by atoms with van der Waals surface area (Å²) in [5.74, 6) is -0.159. The normalized spacial score (nSPS) is 32.0. The first-order valence-electron chi connectivity index (χ1n) is 10.0. The summed E-state index contributed by atoms with van der Waals surface area (Å²) >= 11 is 0. The first-order chi connectivity index (χ1) is 13.6. The monoisotopic (exact) mass is 384 g/mol. The van der Waals surface area contributed by atoms with Crippen LogP contribution < -0.4 is 5.32 Å². The van der Waals surface area contributed by atoms with Crippen LogP contribution in [-0.4, -0.2) is 50.1 Å². The van der Waals surface area contributed by atoms with E-state index in [1.807, 2.05) is 18.2 Å². The summed E-state index contributed by atoms with van der Waals surface area (Å²) in [6.07, 6.45) is 4.21. The smallest absolute Gasteiger partial charge is 0.337 e. The lowest BCUT2D eigenvalue weighted by Crippen LogP contribution is -2.57. The maximum absolute atomic E-state index is 13.4. The van der Waals surface area contributed by atoms with Crippen molar-refractivity contribution < 1.29 is 19.1 Å². The van der Waals surface area contributed by atoms with Crippen molar-refractivity contribution in [2.75, 3.05) is 32.6 Å². The lowest BCUT2D eigenvalue weighted by atomic mass is 9.63. The molecule has 6 heteroatoms. The van der Waals surface area contributed by atoms with E-state index >= 15 is 0 Å². The highest BCUT2D eigenvalue weighted by molar-refractivity contribution is 6.07. The molecule has 0 bridgehead atoms. The van der Waals surface area contributed by atoms with Crippen molar-refractivity contribution in [2.45, 2.75) is 37.6 Å². The van der Waals surface area contributed by atoms with Crippen molar-refractivity contribution in [3.05, 3.63) is 41.7 Å². The van der Waals surface area contributed by atoms with E-state index in [1.165, 1.54) is 13.4 Å². The van der Waals surface area contributed by atoms with Gasteiger partial charge >= 0.3 is 5.97 Å². The number of ether oxygens (including phenoxy) is 2. The fraction of sp³-hybridized carbons (Fsp3) is 0.545. The van der Waals surface area contributed by atoms with E-state index in [1.54, 1.807) is 7.11 Å². The predicted octanol–water partition coefficient (Wildman–Crippen LogP) is 2.70. The second-order valence-electron chi connectivity index (χ2n) is 7.99. The fourth-order valence-corrected chi connectivity index (χ4v) is 5.74. The van der Waals surface area contributed by atoms with Gasteiger partial charge in [-0.25, -0.2) is 4.79 Å². The third-order valence-corrected chi connectivity index (χ3v) is 6.94. The minimum atomic E-state index is -0.643. The summed E-state index contributed by atoms with van der Waals surface area (Å²) < 4.78 is 10.4. The molecule has 1 N–H and O–H groups in total. The van der Waals surface area contributed by atoms with Gasteiger partial charge in [0.15, 0.2) is 0 Å². The number of carbonyl (C=O) groups is 2. The maximum atomic E-state index is 13.4. The fourth-order valence-electron chi connectivity index (χ4n) is 5.74. The molecule has 150 valence electrons. The second-order valence-corrected chi connectivity index (χ2v) is 7.99. The van der Waals surface area contributed by atoms with Gasteiger partial charge in [-0.1, -0.05) is 31.5 Å². The molecule has 4 atom stereocenters. The van der Waals surface area contributed by atoms with Crippen LogP contribution in [0.4, 0.5) is 5.69 Å². The number of amides is 1. The number of esters is 1. The van der Waals surface area contributed by atoms with E-state index in [-0.39, 0.29) is 29.8 Å². The molecule has 3 heterocycles. The van der Waals surface area contributed by atoms with Gasteiger partial charge in [0.2, 0.25) is 5.91 Å². The summed E-state index contributed by atoms with van der Waals surface area (Å²) in [5.41, 5.74) is 1.83. The minimum absolute atomic E-state index is 0.0459. The van der Waals surface area contributed by atoms with E-state index in [2.05, 4.69) is 23.2 Å². The molecular weight excluding hydrogens is 356 g/mol. The number of nitrogens with one attached hydrogen (secondary N) is 1. The number of nitrogens with zero attached hydrogens (tertiary/aromatic N) is 1. The number of para-hydroxylation sites is 1. The van der Waals surface area contributed by atoms with Crippen LogP contribution in [0, 0.1) is 11.8 Å². The van der Waals surface area contributed by atoms with Crippen LogP contribution in [0.15, 0.2) is 36.1 Å². The number of anilines is 1. The number of rotatable bonds is 4. The zero-order chi connectivity index (χ0) is 19.9. The molecule has 1 amide bonds. The van der Waals surface area contributed by atoms with E-state index in [0.29, 0.717) is 5.57 Å². The molecule has 0 saturated carbocycles. The molecule has 0 aromatic heterocycles. The molecule has 2 fully saturated rings. The van der Waals surface area contributed by atoms with Crippen molar-refractivity contribution in [2.24, 2.45) is 11.8 Å². The Labute approximate surface area is 165 Å². The molecule has 1 aromatic rings. The Morgan fingerprint density at radius 3 is 2.82 bits per heavy atom. The van der Waals surface area contributed by atoms with Gasteiger partial charge in [-0.3, -0.25) is 9.69 Å². The molecule has 3 aliphatic rings. The third kappa shape index (κ3) is 2.58. The Morgan fingerprint density at radius 1 is 1.32 bits per heavy atom. The molecular formula is C22H28N2O4. The molecule has 1 spiro atoms. The van der Waals surface area contributed by atoms with Crippen molar-refractivity contribution in [3.8, 4) is 0 Å². The van der Waals surface area contributed by atoms with Crippen LogP contribution in [0.2, 0.25) is 0 Å². The van der Waals surface area contributed by atoms with Gasteiger partial charge in [0.1, 0.15) is 0 Å². The van der Waals surface area contributed by atoms with Gasteiger partial charge in [-0.05, 0) is 43.5 Å². The molecule has 3 aliphatic heterocycles. The van der Waals surface area contributed by atoms with E-state index < -0.39 is 5.41 Å². The zero-order valence-electron chi connectivity index (χ0n) is 16.7. The van der Waals surface area contributed by atoms with Crippen LogP contribution >= 0.6 is 0 Å². The predicted molar refractivity (Wildman–Crippen MR) is 106 cm³/mol. The average molecular weight is 384 g/mol. The van der Waals surface area contributed by atoms with Gasteiger partial charge in [-0.15, -0.1) is 0 Å². The SMILES string of the molecule is CC[C@@H]1CCN2CC[C@]3(C(=O)Nc4ccccc43)[C@@H]2[C@H]1/C(=C/OC)C(=O)OC. The zero-order valence-corrected chi connectivity index (χ0v) is 16.7. The van der Waals surface area contributed by atoms with Crippen molar-refractivity contribution in [1.29, 1.82) is 0 Å². The lowest BCUT2D eigenvalue weighted by Gasteiger charge is -2.47. The van der Waals surface area contributed by atoms with Crippen LogP contribution in [0.1, 0.15) is 31.7 Å². The largest absolute Gasteiger partial charge is 0.504 e. The molecule has 2 saturated heterocycles. The van der Waals surface area contributed by atoms with E-state index in [9.17, 15) is 9.59 Å². The maximum Gasteiger partial charge on any atom is 0.337 e. The Bertz CT molecular complexity index is 821. The van der Waals surface area contributed by atoms with Gasteiger partial charge in [0.25, 0.3) is 0 Å². The first kappa shape index (κ1) is 19.0. The number of hydrogen-bond donors (Lipinski definition) is 1. The molecule has 1 aromatic carbocycles. The Morgan fingerprint density at radius 2 is 2.11 bits per heavy atom. The Balaban J connectivity index is 1.88. The number of piperidine rings is 1. The van der Waals surface area contributed by atoms with Crippen LogP contribution in [0.25, 0.3) is 0 Å². The average Bonchev–Trinajstić information content (AvgIpc) is 3.24. The van der Waals surface area contributed by atoms with Gasteiger partial charge in [0, 0.05) is 17.6 Å². The molecule has 6 nitrogen and oxygen atoms in total. The number of methoxy groups -OCH3 is 2. The number of hydrogen-bond acceptors (Lipinski definition) is 5.